The number of hydrogen-bond acceptors (Lipinski definition) is 5. The number of ether oxygens (including phenoxy) is 2. The zero-order valence-electron chi connectivity index (χ0n) is 17.0. The number of nitrogens with one attached hydrogen (secondary N) is 1. The quantitative estimate of drug-likeness (QED) is 0.565. The lowest BCUT2D eigenvalue weighted by atomic mass is 10.0. The van der Waals surface area contributed by atoms with Gasteiger partial charge >= 0.3 is 0 Å². The molecular weight excluding hydrogens is 392 g/mol. The Morgan fingerprint density at radius 2 is 1.72 bits per heavy atom. The van der Waals surface area contributed by atoms with Gasteiger partial charge in [0, 0.05) is 33.7 Å². The molecule has 1 N–H and O–H groups in total. The molecule has 0 unspecified atom stereocenters. The van der Waals surface area contributed by atoms with Gasteiger partial charge < -0.3 is 14.8 Å². The first-order valence-electron chi connectivity index (χ1n) is 9.32. The Morgan fingerprint density at radius 1 is 1.07 bits per heavy atom. The van der Waals surface area contributed by atoms with Crippen LogP contribution in [0.25, 0.3) is 0 Å². The zero-order valence-corrected chi connectivity index (χ0v) is 17.8. The lowest BCUT2D eigenvalue weighted by molar-refractivity contribution is -0.122. The molecule has 7 nitrogen and oxygen atoms in total. The predicted octanol–water partition coefficient (Wildman–Crippen LogP) is 2.60. The van der Waals surface area contributed by atoms with Crippen molar-refractivity contribution >= 4 is 15.9 Å². The fourth-order valence-corrected chi connectivity index (χ4v) is 4.27. The van der Waals surface area contributed by atoms with E-state index in [4.69, 9.17) is 9.47 Å². The molecule has 0 bridgehead atoms. The molecule has 0 saturated heterocycles. The minimum atomic E-state index is -3.77. The Kier molecular flexibility index (Phi) is 8.63. The molecule has 29 heavy (non-hydrogen) atoms. The number of carbonyl (C=O) groups is 1. The van der Waals surface area contributed by atoms with E-state index in [9.17, 15) is 13.2 Å². The van der Waals surface area contributed by atoms with Crippen LogP contribution >= 0.6 is 0 Å². The molecular formula is C21H28N2O5S. The zero-order chi connectivity index (χ0) is 21.3. The van der Waals surface area contributed by atoms with E-state index in [0.29, 0.717) is 30.9 Å². The van der Waals surface area contributed by atoms with E-state index in [0.717, 1.165) is 0 Å². The number of hydrogen-bond donors (Lipinski definition) is 1. The summed E-state index contributed by atoms with van der Waals surface area (Å²) in [6.07, 6.45) is 0.690. The average molecular weight is 421 g/mol. The average Bonchev–Trinajstić information content (AvgIpc) is 2.75. The van der Waals surface area contributed by atoms with Crippen molar-refractivity contribution in [2.45, 2.75) is 23.8 Å². The Labute approximate surface area is 172 Å². The predicted molar refractivity (Wildman–Crippen MR) is 111 cm³/mol. The molecule has 0 aliphatic heterocycles. The molecule has 0 aromatic heterocycles. The van der Waals surface area contributed by atoms with Gasteiger partial charge in [0.05, 0.1) is 18.0 Å². The molecule has 0 aliphatic rings. The first kappa shape index (κ1) is 22.9. The van der Waals surface area contributed by atoms with Crippen LogP contribution in [0.2, 0.25) is 0 Å². The summed E-state index contributed by atoms with van der Waals surface area (Å²) in [5.74, 6) is 0.433. The molecule has 0 spiro atoms. The van der Waals surface area contributed by atoms with E-state index in [1.54, 1.807) is 68.8 Å². The van der Waals surface area contributed by atoms with Crippen LogP contribution in [0.5, 0.6) is 5.75 Å². The summed E-state index contributed by atoms with van der Waals surface area (Å²) in [5, 5.41) is 2.82. The van der Waals surface area contributed by atoms with Crippen LogP contribution in [0.15, 0.2) is 59.5 Å². The monoisotopic (exact) mass is 420 g/mol. The SMILES string of the molecule is COCCCNC(=O)C[C@@H](c1ccc(OC)cc1)N(C)S(=O)(=O)c1ccccc1. The van der Waals surface area contributed by atoms with Gasteiger partial charge in [0.2, 0.25) is 15.9 Å². The van der Waals surface area contributed by atoms with Crippen LogP contribution < -0.4 is 10.1 Å². The first-order chi connectivity index (χ1) is 13.9. The van der Waals surface area contributed by atoms with Gasteiger partial charge in [-0.1, -0.05) is 30.3 Å². The summed E-state index contributed by atoms with van der Waals surface area (Å²) in [6, 6.07) is 14.6. The van der Waals surface area contributed by atoms with Crippen molar-refractivity contribution in [1.29, 1.82) is 0 Å². The van der Waals surface area contributed by atoms with Gasteiger partial charge in [-0.25, -0.2) is 8.42 Å². The Bertz CT molecular complexity index is 870. The molecule has 0 saturated carbocycles. The molecule has 1 amide bonds. The van der Waals surface area contributed by atoms with Crippen LogP contribution in [0.4, 0.5) is 0 Å². The number of carbonyl (C=O) groups excluding carboxylic acids is 1. The molecule has 0 heterocycles. The Hall–Kier alpha value is -2.42. The van der Waals surface area contributed by atoms with Crippen molar-refractivity contribution in [3.8, 4) is 5.75 Å². The molecule has 2 aromatic carbocycles. The topological polar surface area (TPSA) is 84.9 Å². The second-order valence-corrected chi connectivity index (χ2v) is 8.52. The lowest BCUT2D eigenvalue weighted by Crippen LogP contribution is -2.35. The van der Waals surface area contributed by atoms with E-state index in [1.165, 1.54) is 11.4 Å². The number of nitrogens with zero attached hydrogens (tertiary/aromatic N) is 1. The molecule has 2 aromatic rings. The number of methoxy groups -OCH3 is 2. The fourth-order valence-electron chi connectivity index (χ4n) is 2.90. The summed E-state index contributed by atoms with van der Waals surface area (Å²) in [6.45, 7) is 1.02. The molecule has 2 rings (SSSR count). The standard InChI is InChI=1S/C21H28N2O5S/c1-23(29(25,26)19-8-5-4-6-9-19)20(16-21(24)22-14-7-15-27-2)17-10-12-18(28-3)13-11-17/h4-6,8-13,20H,7,14-16H2,1-3H3,(H,22,24)/t20-/m0/s1. The highest BCUT2D eigenvalue weighted by Crippen LogP contribution is 2.30. The normalized spacial score (nSPS) is 12.6. The van der Waals surface area contributed by atoms with Crippen molar-refractivity contribution in [1.82, 2.24) is 9.62 Å². The third-order valence-corrected chi connectivity index (χ3v) is 6.47. The van der Waals surface area contributed by atoms with Gasteiger partial charge in [0.15, 0.2) is 0 Å². The van der Waals surface area contributed by atoms with Crippen LogP contribution in [0, 0.1) is 0 Å². The third-order valence-electron chi connectivity index (χ3n) is 4.59. The third kappa shape index (κ3) is 6.28. The smallest absolute Gasteiger partial charge is 0.243 e. The molecule has 0 radical (unpaired) electrons. The molecule has 0 aliphatic carbocycles. The van der Waals surface area contributed by atoms with Gasteiger partial charge in [-0.2, -0.15) is 4.31 Å². The molecule has 158 valence electrons. The van der Waals surface area contributed by atoms with Gasteiger partial charge in [-0.15, -0.1) is 0 Å². The summed E-state index contributed by atoms with van der Waals surface area (Å²) >= 11 is 0. The van der Waals surface area contributed by atoms with E-state index in [2.05, 4.69) is 5.32 Å². The molecule has 8 heteroatoms. The van der Waals surface area contributed by atoms with Crippen molar-refractivity contribution in [3.05, 3.63) is 60.2 Å². The second kappa shape index (κ2) is 10.9. The Balaban J connectivity index is 2.27. The highest BCUT2D eigenvalue weighted by molar-refractivity contribution is 7.89. The number of sulfonamides is 1. The molecule has 0 fully saturated rings. The molecule has 1 atom stereocenters. The van der Waals surface area contributed by atoms with Gasteiger partial charge in [-0.05, 0) is 36.2 Å². The van der Waals surface area contributed by atoms with Crippen LogP contribution in [-0.4, -0.2) is 53.0 Å². The summed E-state index contributed by atoms with van der Waals surface area (Å²) in [4.78, 5) is 12.7. The number of benzene rings is 2. The van der Waals surface area contributed by atoms with Crippen molar-refractivity contribution in [2.24, 2.45) is 0 Å². The second-order valence-electron chi connectivity index (χ2n) is 6.52. The maximum absolute atomic E-state index is 13.1. The minimum Gasteiger partial charge on any atom is -0.497 e. The van der Waals surface area contributed by atoms with Crippen LogP contribution in [-0.2, 0) is 19.6 Å². The number of rotatable bonds is 11. The van der Waals surface area contributed by atoms with Crippen molar-refractivity contribution in [2.75, 3.05) is 34.4 Å². The maximum atomic E-state index is 13.1. The summed E-state index contributed by atoms with van der Waals surface area (Å²) in [7, 11) is 0.884. The first-order valence-corrected chi connectivity index (χ1v) is 10.8. The maximum Gasteiger partial charge on any atom is 0.243 e. The van der Waals surface area contributed by atoms with Crippen LogP contribution in [0.3, 0.4) is 0 Å². The van der Waals surface area contributed by atoms with Gasteiger partial charge in [0.25, 0.3) is 0 Å². The van der Waals surface area contributed by atoms with E-state index >= 15 is 0 Å². The fraction of sp³-hybridized carbons (Fsp3) is 0.381. The largest absolute Gasteiger partial charge is 0.497 e. The van der Waals surface area contributed by atoms with Crippen LogP contribution in [0.1, 0.15) is 24.4 Å². The van der Waals surface area contributed by atoms with Gasteiger partial charge in [0.1, 0.15) is 5.75 Å². The number of amides is 1. The highest BCUT2D eigenvalue weighted by atomic mass is 32.2. The lowest BCUT2D eigenvalue weighted by Gasteiger charge is -2.28. The van der Waals surface area contributed by atoms with Gasteiger partial charge in [-0.3, -0.25) is 4.79 Å². The summed E-state index contributed by atoms with van der Waals surface area (Å²) in [5.41, 5.74) is 0.708. The van der Waals surface area contributed by atoms with Crippen molar-refractivity contribution < 1.29 is 22.7 Å². The van der Waals surface area contributed by atoms with E-state index in [1.807, 2.05) is 0 Å². The van der Waals surface area contributed by atoms with E-state index in [-0.39, 0.29) is 17.2 Å². The highest BCUT2D eigenvalue weighted by Gasteiger charge is 2.30. The Morgan fingerprint density at radius 3 is 2.31 bits per heavy atom. The van der Waals surface area contributed by atoms with E-state index < -0.39 is 16.1 Å². The van der Waals surface area contributed by atoms with Crippen molar-refractivity contribution in [3.63, 3.8) is 0 Å². The summed E-state index contributed by atoms with van der Waals surface area (Å²) < 4.78 is 37.6. The minimum absolute atomic E-state index is 0.00186.